The second-order valence-electron chi connectivity index (χ2n) is 3.89. The maximum absolute atomic E-state index is 6.04. The number of rotatable bonds is 6. The molecule has 0 aliphatic heterocycles. The third-order valence-corrected chi connectivity index (χ3v) is 2.83. The predicted octanol–water partition coefficient (Wildman–Crippen LogP) is 2.26. The van der Waals surface area contributed by atoms with Gasteiger partial charge >= 0.3 is 0 Å². The van der Waals surface area contributed by atoms with Gasteiger partial charge in [-0.15, -0.1) is 0 Å². The molecule has 1 aromatic carbocycles. The van der Waals surface area contributed by atoms with Gasteiger partial charge in [0.1, 0.15) is 0 Å². The highest BCUT2D eigenvalue weighted by atomic mass is 35.5. The van der Waals surface area contributed by atoms with Crippen molar-refractivity contribution in [3.8, 4) is 5.69 Å². The molecule has 96 valence electrons. The Kier molecular flexibility index (Phi) is 4.75. The minimum absolute atomic E-state index is 0.692. The van der Waals surface area contributed by atoms with E-state index in [0.29, 0.717) is 6.61 Å². The molecule has 2 rings (SSSR count). The Labute approximate surface area is 112 Å². The molecule has 4 nitrogen and oxygen atoms in total. The molecule has 1 heterocycles. The molecule has 0 aliphatic carbocycles. The van der Waals surface area contributed by atoms with Crippen LogP contribution in [0.4, 0.5) is 0 Å². The van der Waals surface area contributed by atoms with Gasteiger partial charge in [0.05, 0.1) is 12.3 Å². The van der Waals surface area contributed by atoms with Crippen LogP contribution in [0.3, 0.4) is 0 Å². The largest absolute Gasteiger partial charge is 0.383 e. The summed E-state index contributed by atoms with van der Waals surface area (Å²) in [7, 11) is 1.69. The lowest BCUT2D eigenvalue weighted by Crippen LogP contribution is -2.19. The summed E-state index contributed by atoms with van der Waals surface area (Å²) >= 11 is 6.04. The van der Waals surface area contributed by atoms with E-state index in [0.717, 1.165) is 29.4 Å². The lowest BCUT2D eigenvalue weighted by atomic mass is 10.1. The highest BCUT2D eigenvalue weighted by molar-refractivity contribution is 6.30. The van der Waals surface area contributed by atoms with Crippen LogP contribution in [0.25, 0.3) is 5.69 Å². The van der Waals surface area contributed by atoms with E-state index in [4.69, 9.17) is 16.3 Å². The fourth-order valence-electron chi connectivity index (χ4n) is 1.73. The van der Waals surface area contributed by atoms with Crippen LogP contribution in [-0.2, 0) is 11.3 Å². The Morgan fingerprint density at radius 1 is 1.44 bits per heavy atom. The molecule has 0 aliphatic rings. The van der Waals surface area contributed by atoms with Crippen molar-refractivity contribution in [1.29, 1.82) is 0 Å². The molecule has 2 aromatic rings. The van der Waals surface area contributed by atoms with Crippen molar-refractivity contribution in [1.82, 2.24) is 15.1 Å². The Morgan fingerprint density at radius 2 is 2.33 bits per heavy atom. The normalized spacial score (nSPS) is 10.8. The number of benzene rings is 1. The third-order valence-electron chi connectivity index (χ3n) is 2.59. The van der Waals surface area contributed by atoms with Gasteiger partial charge < -0.3 is 10.1 Å². The van der Waals surface area contributed by atoms with Gasteiger partial charge in [-0.1, -0.05) is 11.6 Å². The van der Waals surface area contributed by atoms with Crippen LogP contribution in [-0.4, -0.2) is 30.0 Å². The smallest absolute Gasteiger partial charge is 0.0691 e. The zero-order chi connectivity index (χ0) is 12.8. The number of nitrogens with one attached hydrogen (secondary N) is 1. The van der Waals surface area contributed by atoms with Crippen molar-refractivity contribution in [3.63, 3.8) is 0 Å². The molecular weight excluding hydrogens is 250 g/mol. The summed E-state index contributed by atoms with van der Waals surface area (Å²) in [6, 6.07) is 7.70. The summed E-state index contributed by atoms with van der Waals surface area (Å²) in [6.45, 7) is 2.23. The average Bonchev–Trinajstić information content (AvgIpc) is 2.88. The van der Waals surface area contributed by atoms with Crippen LogP contribution >= 0.6 is 11.6 Å². The quantitative estimate of drug-likeness (QED) is 0.815. The van der Waals surface area contributed by atoms with E-state index in [1.54, 1.807) is 13.3 Å². The molecule has 0 saturated heterocycles. The summed E-state index contributed by atoms with van der Waals surface area (Å²) in [4.78, 5) is 0. The van der Waals surface area contributed by atoms with E-state index in [1.807, 2.05) is 35.1 Å². The molecule has 0 spiro atoms. The maximum atomic E-state index is 6.04. The van der Waals surface area contributed by atoms with Crippen LogP contribution < -0.4 is 5.32 Å². The zero-order valence-corrected chi connectivity index (χ0v) is 11.0. The van der Waals surface area contributed by atoms with E-state index in [9.17, 15) is 0 Å². The number of methoxy groups -OCH3 is 1. The predicted molar refractivity (Wildman–Crippen MR) is 72.2 cm³/mol. The number of hydrogen-bond acceptors (Lipinski definition) is 3. The van der Waals surface area contributed by atoms with Gasteiger partial charge in [-0.2, -0.15) is 5.10 Å². The van der Waals surface area contributed by atoms with E-state index in [1.165, 1.54) is 0 Å². The van der Waals surface area contributed by atoms with Crippen LogP contribution in [0.1, 0.15) is 5.56 Å². The van der Waals surface area contributed by atoms with Gasteiger partial charge in [0, 0.05) is 37.6 Å². The Hall–Kier alpha value is -1.36. The number of ether oxygens (including phenoxy) is 1. The molecule has 1 aromatic heterocycles. The van der Waals surface area contributed by atoms with Crippen LogP contribution in [0.5, 0.6) is 0 Å². The van der Waals surface area contributed by atoms with Crippen molar-refractivity contribution in [2.24, 2.45) is 0 Å². The van der Waals surface area contributed by atoms with Gasteiger partial charge in [-0.3, -0.25) is 0 Å². The Balaban J connectivity index is 2.14. The summed E-state index contributed by atoms with van der Waals surface area (Å²) in [5.41, 5.74) is 2.15. The number of aromatic nitrogens is 2. The van der Waals surface area contributed by atoms with Gasteiger partial charge in [-0.25, -0.2) is 4.68 Å². The van der Waals surface area contributed by atoms with E-state index >= 15 is 0 Å². The first kappa shape index (κ1) is 13.1. The van der Waals surface area contributed by atoms with Crippen molar-refractivity contribution in [2.75, 3.05) is 20.3 Å². The van der Waals surface area contributed by atoms with E-state index in [2.05, 4.69) is 10.4 Å². The van der Waals surface area contributed by atoms with Crippen molar-refractivity contribution in [3.05, 3.63) is 47.2 Å². The third kappa shape index (κ3) is 3.32. The monoisotopic (exact) mass is 265 g/mol. The van der Waals surface area contributed by atoms with Crippen molar-refractivity contribution >= 4 is 11.6 Å². The van der Waals surface area contributed by atoms with E-state index in [-0.39, 0.29) is 0 Å². The SMILES string of the molecule is COCCNCc1cc(Cl)ccc1-n1cccn1. The van der Waals surface area contributed by atoms with Crippen LogP contribution in [0.2, 0.25) is 5.02 Å². The molecule has 0 amide bonds. The summed E-state index contributed by atoms with van der Waals surface area (Å²) in [6.07, 6.45) is 3.68. The fraction of sp³-hybridized carbons (Fsp3) is 0.308. The summed E-state index contributed by atoms with van der Waals surface area (Å²) < 4.78 is 6.84. The highest BCUT2D eigenvalue weighted by Gasteiger charge is 2.05. The van der Waals surface area contributed by atoms with Gasteiger partial charge in [-0.05, 0) is 29.8 Å². The number of hydrogen-bond donors (Lipinski definition) is 1. The first-order valence-electron chi connectivity index (χ1n) is 5.79. The summed E-state index contributed by atoms with van der Waals surface area (Å²) in [5.74, 6) is 0. The van der Waals surface area contributed by atoms with Gasteiger partial charge in [0.15, 0.2) is 0 Å². The molecule has 5 heteroatoms. The van der Waals surface area contributed by atoms with Crippen molar-refractivity contribution < 1.29 is 4.74 Å². The topological polar surface area (TPSA) is 39.1 Å². The molecule has 18 heavy (non-hydrogen) atoms. The zero-order valence-electron chi connectivity index (χ0n) is 10.3. The lowest BCUT2D eigenvalue weighted by Gasteiger charge is -2.11. The molecule has 0 saturated carbocycles. The minimum Gasteiger partial charge on any atom is -0.383 e. The van der Waals surface area contributed by atoms with E-state index < -0.39 is 0 Å². The molecule has 0 radical (unpaired) electrons. The molecule has 0 atom stereocenters. The Bertz CT molecular complexity index is 485. The summed E-state index contributed by atoms with van der Waals surface area (Å²) in [5, 5.41) is 8.28. The van der Waals surface area contributed by atoms with Crippen LogP contribution in [0, 0.1) is 0 Å². The molecule has 1 N–H and O–H groups in total. The number of halogens is 1. The maximum Gasteiger partial charge on any atom is 0.0691 e. The number of nitrogens with zero attached hydrogens (tertiary/aromatic N) is 2. The molecule has 0 bridgehead atoms. The average molecular weight is 266 g/mol. The van der Waals surface area contributed by atoms with Crippen LogP contribution in [0.15, 0.2) is 36.7 Å². The standard InChI is InChI=1S/C13H16ClN3O/c1-18-8-6-15-10-11-9-12(14)3-4-13(11)17-7-2-5-16-17/h2-5,7,9,15H,6,8,10H2,1H3. The lowest BCUT2D eigenvalue weighted by molar-refractivity contribution is 0.199. The molecule has 0 fully saturated rings. The highest BCUT2D eigenvalue weighted by Crippen LogP contribution is 2.19. The van der Waals surface area contributed by atoms with Gasteiger partial charge in [0.25, 0.3) is 0 Å². The second kappa shape index (κ2) is 6.54. The van der Waals surface area contributed by atoms with Crippen molar-refractivity contribution in [2.45, 2.75) is 6.54 Å². The van der Waals surface area contributed by atoms with Gasteiger partial charge in [0.2, 0.25) is 0 Å². The first-order chi connectivity index (χ1) is 8.81. The molecule has 0 unspecified atom stereocenters. The minimum atomic E-state index is 0.692. The second-order valence-corrected chi connectivity index (χ2v) is 4.33. The fourth-order valence-corrected chi connectivity index (χ4v) is 1.92. The first-order valence-corrected chi connectivity index (χ1v) is 6.17. The Morgan fingerprint density at radius 3 is 3.06 bits per heavy atom. The molecular formula is C13H16ClN3O.